The highest BCUT2D eigenvalue weighted by Gasteiger charge is 2.13. The molecule has 0 saturated carbocycles. The first kappa shape index (κ1) is 13.4. The third kappa shape index (κ3) is 3.25. The number of fused-ring (bicyclic) bond motifs is 1. The lowest BCUT2D eigenvalue weighted by Gasteiger charge is -2.17. The van der Waals surface area contributed by atoms with Gasteiger partial charge in [0.05, 0.1) is 5.69 Å². The standard InChI is InChI=1S/C16H19NO2/c1-11(2)12(3)19-16(18)17-15-10-6-8-13-7-4-5-9-14(13)15/h4-12H,1-3H3,(H,17,18). The van der Waals surface area contributed by atoms with Crippen molar-refractivity contribution >= 4 is 22.6 Å². The number of carbonyl (C=O) groups is 1. The van der Waals surface area contributed by atoms with Gasteiger partial charge in [-0.15, -0.1) is 0 Å². The number of hydrogen-bond acceptors (Lipinski definition) is 2. The van der Waals surface area contributed by atoms with Gasteiger partial charge >= 0.3 is 6.09 Å². The third-order valence-corrected chi connectivity index (χ3v) is 3.26. The van der Waals surface area contributed by atoms with E-state index >= 15 is 0 Å². The molecule has 0 aliphatic carbocycles. The fraction of sp³-hybridized carbons (Fsp3) is 0.312. The van der Waals surface area contributed by atoms with Crippen LogP contribution in [-0.2, 0) is 4.74 Å². The molecular weight excluding hydrogens is 238 g/mol. The summed E-state index contributed by atoms with van der Waals surface area (Å²) in [5.74, 6) is 0.304. The number of anilines is 1. The highest BCUT2D eigenvalue weighted by atomic mass is 16.6. The van der Waals surface area contributed by atoms with Crippen LogP contribution >= 0.6 is 0 Å². The molecule has 2 aromatic rings. The molecular formula is C16H19NO2. The van der Waals surface area contributed by atoms with Gasteiger partial charge in [-0.2, -0.15) is 0 Å². The van der Waals surface area contributed by atoms with Crippen molar-refractivity contribution in [1.29, 1.82) is 0 Å². The molecule has 2 rings (SSSR count). The Bertz CT molecular complexity index is 572. The summed E-state index contributed by atoms with van der Waals surface area (Å²) in [4.78, 5) is 11.8. The van der Waals surface area contributed by atoms with Crippen molar-refractivity contribution in [3.8, 4) is 0 Å². The maximum atomic E-state index is 11.8. The first-order chi connectivity index (χ1) is 9.08. The molecule has 1 N–H and O–H groups in total. The van der Waals surface area contributed by atoms with E-state index in [2.05, 4.69) is 5.32 Å². The summed E-state index contributed by atoms with van der Waals surface area (Å²) in [6.45, 7) is 5.94. The molecule has 100 valence electrons. The van der Waals surface area contributed by atoms with Crippen molar-refractivity contribution in [2.75, 3.05) is 5.32 Å². The molecule has 0 aromatic heterocycles. The third-order valence-electron chi connectivity index (χ3n) is 3.26. The van der Waals surface area contributed by atoms with Crippen LogP contribution in [-0.4, -0.2) is 12.2 Å². The average molecular weight is 257 g/mol. The smallest absolute Gasteiger partial charge is 0.411 e. The van der Waals surface area contributed by atoms with Crippen molar-refractivity contribution in [3.63, 3.8) is 0 Å². The van der Waals surface area contributed by atoms with Gasteiger partial charge in [0, 0.05) is 5.39 Å². The Kier molecular flexibility index (Phi) is 4.05. The zero-order valence-electron chi connectivity index (χ0n) is 11.5. The molecule has 0 radical (unpaired) electrons. The predicted octanol–water partition coefficient (Wildman–Crippen LogP) is 4.43. The number of nitrogens with one attached hydrogen (secondary N) is 1. The lowest BCUT2D eigenvalue weighted by atomic mass is 10.1. The summed E-state index contributed by atoms with van der Waals surface area (Å²) in [5, 5.41) is 4.92. The van der Waals surface area contributed by atoms with Gasteiger partial charge in [0.25, 0.3) is 0 Å². The number of hydrogen-bond donors (Lipinski definition) is 1. The largest absolute Gasteiger partial charge is 0.446 e. The molecule has 0 bridgehead atoms. The molecule has 1 unspecified atom stereocenters. The van der Waals surface area contributed by atoms with Gasteiger partial charge in [0.1, 0.15) is 6.10 Å². The Morgan fingerprint density at radius 1 is 1.05 bits per heavy atom. The molecule has 1 amide bonds. The lowest BCUT2D eigenvalue weighted by molar-refractivity contribution is 0.0941. The first-order valence-corrected chi connectivity index (χ1v) is 6.53. The Balaban J connectivity index is 2.15. The van der Waals surface area contributed by atoms with Crippen molar-refractivity contribution in [1.82, 2.24) is 0 Å². The Labute approximate surface area is 113 Å². The van der Waals surface area contributed by atoms with Gasteiger partial charge in [-0.25, -0.2) is 4.79 Å². The zero-order valence-corrected chi connectivity index (χ0v) is 11.5. The fourth-order valence-corrected chi connectivity index (χ4v) is 1.78. The van der Waals surface area contributed by atoms with E-state index in [1.807, 2.05) is 63.2 Å². The summed E-state index contributed by atoms with van der Waals surface area (Å²) < 4.78 is 5.31. The summed E-state index contributed by atoms with van der Waals surface area (Å²) in [6.07, 6.45) is -0.507. The molecule has 0 aliphatic heterocycles. The second-order valence-corrected chi connectivity index (χ2v) is 5.01. The average Bonchev–Trinajstić information content (AvgIpc) is 2.39. The molecule has 2 aromatic carbocycles. The minimum absolute atomic E-state index is 0.102. The Hall–Kier alpha value is -2.03. The van der Waals surface area contributed by atoms with E-state index in [0.717, 1.165) is 16.5 Å². The van der Waals surface area contributed by atoms with Crippen LogP contribution in [0.25, 0.3) is 10.8 Å². The van der Waals surface area contributed by atoms with Crippen LogP contribution in [0.15, 0.2) is 42.5 Å². The lowest BCUT2D eigenvalue weighted by Crippen LogP contribution is -2.24. The number of amides is 1. The van der Waals surface area contributed by atoms with Crippen LogP contribution in [0.1, 0.15) is 20.8 Å². The maximum Gasteiger partial charge on any atom is 0.411 e. The molecule has 1 atom stereocenters. The predicted molar refractivity (Wildman–Crippen MR) is 78.4 cm³/mol. The number of benzene rings is 2. The van der Waals surface area contributed by atoms with Crippen molar-refractivity contribution in [3.05, 3.63) is 42.5 Å². The molecule has 0 fully saturated rings. The monoisotopic (exact) mass is 257 g/mol. The van der Waals surface area contributed by atoms with Crippen LogP contribution in [0.2, 0.25) is 0 Å². The van der Waals surface area contributed by atoms with E-state index in [4.69, 9.17) is 4.74 Å². The van der Waals surface area contributed by atoms with E-state index in [0.29, 0.717) is 5.92 Å². The van der Waals surface area contributed by atoms with E-state index < -0.39 is 6.09 Å². The van der Waals surface area contributed by atoms with Gasteiger partial charge in [0.15, 0.2) is 0 Å². The summed E-state index contributed by atoms with van der Waals surface area (Å²) in [7, 11) is 0. The topological polar surface area (TPSA) is 38.3 Å². The minimum atomic E-state index is -0.405. The molecule has 0 aliphatic rings. The van der Waals surface area contributed by atoms with Crippen LogP contribution in [0.3, 0.4) is 0 Å². The molecule has 0 heterocycles. The zero-order chi connectivity index (χ0) is 13.8. The highest BCUT2D eigenvalue weighted by Crippen LogP contribution is 2.23. The van der Waals surface area contributed by atoms with Gasteiger partial charge in [0.2, 0.25) is 0 Å². The van der Waals surface area contributed by atoms with Crippen molar-refractivity contribution in [2.24, 2.45) is 5.92 Å². The fourth-order valence-electron chi connectivity index (χ4n) is 1.78. The first-order valence-electron chi connectivity index (χ1n) is 6.53. The molecule has 19 heavy (non-hydrogen) atoms. The molecule has 3 nitrogen and oxygen atoms in total. The Morgan fingerprint density at radius 2 is 1.74 bits per heavy atom. The summed E-state index contributed by atoms with van der Waals surface area (Å²) in [6, 6.07) is 13.7. The van der Waals surface area contributed by atoms with Gasteiger partial charge < -0.3 is 4.74 Å². The van der Waals surface area contributed by atoms with E-state index in [-0.39, 0.29) is 6.10 Å². The van der Waals surface area contributed by atoms with Crippen LogP contribution in [0, 0.1) is 5.92 Å². The second kappa shape index (κ2) is 5.74. The number of ether oxygens (including phenoxy) is 1. The highest BCUT2D eigenvalue weighted by molar-refractivity contribution is 6.00. The van der Waals surface area contributed by atoms with E-state index in [1.54, 1.807) is 0 Å². The normalized spacial score (nSPS) is 12.4. The molecule has 0 spiro atoms. The Morgan fingerprint density at radius 3 is 2.47 bits per heavy atom. The maximum absolute atomic E-state index is 11.8. The van der Waals surface area contributed by atoms with Crippen molar-refractivity contribution < 1.29 is 9.53 Å². The minimum Gasteiger partial charge on any atom is -0.446 e. The van der Waals surface area contributed by atoms with E-state index in [9.17, 15) is 4.79 Å². The molecule has 3 heteroatoms. The SMILES string of the molecule is CC(C)C(C)OC(=O)Nc1cccc2ccccc12. The number of rotatable bonds is 3. The quantitative estimate of drug-likeness (QED) is 0.883. The van der Waals surface area contributed by atoms with Crippen LogP contribution in [0.5, 0.6) is 0 Å². The van der Waals surface area contributed by atoms with Crippen LogP contribution < -0.4 is 5.32 Å². The van der Waals surface area contributed by atoms with Crippen LogP contribution in [0.4, 0.5) is 10.5 Å². The summed E-state index contributed by atoms with van der Waals surface area (Å²) >= 11 is 0. The van der Waals surface area contributed by atoms with Gasteiger partial charge in [-0.3, -0.25) is 5.32 Å². The van der Waals surface area contributed by atoms with Crippen molar-refractivity contribution in [2.45, 2.75) is 26.9 Å². The molecule has 0 saturated heterocycles. The van der Waals surface area contributed by atoms with E-state index in [1.165, 1.54) is 0 Å². The van der Waals surface area contributed by atoms with Gasteiger partial charge in [-0.05, 0) is 24.3 Å². The van der Waals surface area contributed by atoms with Gasteiger partial charge in [-0.1, -0.05) is 50.2 Å². The number of carbonyl (C=O) groups excluding carboxylic acids is 1. The summed E-state index contributed by atoms with van der Waals surface area (Å²) in [5.41, 5.74) is 0.777. The second-order valence-electron chi connectivity index (χ2n) is 5.01.